The van der Waals surface area contributed by atoms with Gasteiger partial charge in [-0.1, -0.05) is 36.4 Å². The molecule has 0 aliphatic carbocycles. The number of rotatable bonds is 6. The van der Waals surface area contributed by atoms with E-state index >= 15 is 0 Å². The third kappa shape index (κ3) is 3.64. The quantitative estimate of drug-likeness (QED) is 0.724. The molecule has 1 N–H and O–H groups in total. The fourth-order valence-electron chi connectivity index (χ4n) is 3.77. The molecule has 7 nitrogen and oxygen atoms in total. The molecule has 2 aromatic carbocycles. The molecule has 1 aliphatic rings. The number of methoxy groups -OCH3 is 2. The minimum absolute atomic E-state index is 0.452. The number of para-hydroxylation sites is 1. The highest BCUT2D eigenvalue weighted by molar-refractivity contribution is 5.54. The summed E-state index contributed by atoms with van der Waals surface area (Å²) in [5.74, 6) is 2.73. The maximum Gasteiger partial charge on any atom is 0.204 e. The van der Waals surface area contributed by atoms with E-state index in [1.54, 1.807) is 14.2 Å². The highest BCUT2D eigenvalue weighted by Gasteiger charge is 2.27. The van der Waals surface area contributed by atoms with E-state index in [1.165, 1.54) is 11.1 Å². The Kier molecular flexibility index (Phi) is 5.02. The molecule has 4 rings (SSSR count). The largest absolute Gasteiger partial charge is 0.493 e. The summed E-state index contributed by atoms with van der Waals surface area (Å²) in [5.41, 5.74) is 3.47. The molecule has 7 heteroatoms. The number of aromatic nitrogens is 4. The lowest BCUT2D eigenvalue weighted by molar-refractivity contribution is 0.323. The molecule has 1 fully saturated rings. The Labute approximate surface area is 158 Å². The lowest BCUT2D eigenvalue weighted by Crippen LogP contribution is -2.19. The summed E-state index contributed by atoms with van der Waals surface area (Å²) in [6.45, 7) is 3.00. The molecule has 0 saturated carbocycles. The molecule has 1 atom stereocenters. The zero-order chi connectivity index (χ0) is 18.6. The lowest BCUT2D eigenvalue weighted by atomic mass is 9.97. The SMILES string of the molecule is COc1cccc(C2CCN(Cc3ccc(-c4nn[nH]n4)cc3)C2)c1OC. The van der Waals surface area contributed by atoms with Gasteiger partial charge >= 0.3 is 0 Å². The Bertz CT molecular complexity index is 880. The Balaban J connectivity index is 1.43. The number of H-pyrrole nitrogens is 1. The third-order valence-electron chi connectivity index (χ3n) is 5.11. The van der Waals surface area contributed by atoms with Crippen LogP contribution in [0.3, 0.4) is 0 Å². The molecule has 1 aliphatic heterocycles. The fourth-order valence-corrected chi connectivity index (χ4v) is 3.77. The summed E-state index contributed by atoms with van der Waals surface area (Å²) in [5, 5.41) is 14.1. The Morgan fingerprint density at radius 1 is 1.11 bits per heavy atom. The minimum Gasteiger partial charge on any atom is -0.493 e. The van der Waals surface area contributed by atoms with Crippen molar-refractivity contribution in [3.63, 3.8) is 0 Å². The number of likely N-dealkylation sites (tertiary alicyclic amines) is 1. The van der Waals surface area contributed by atoms with Crippen molar-refractivity contribution in [1.82, 2.24) is 25.5 Å². The monoisotopic (exact) mass is 365 g/mol. The van der Waals surface area contributed by atoms with Crippen molar-refractivity contribution in [2.75, 3.05) is 27.3 Å². The predicted molar refractivity (Wildman–Crippen MR) is 102 cm³/mol. The fraction of sp³-hybridized carbons (Fsp3) is 0.350. The number of hydrogen-bond acceptors (Lipinski definition) is 6. The van der Waals surface area contributed by atoms with E-state index in [1.807, 2.05) is 24.3 Å². The van der Waals surface area contributed by atoms with Crippen molar-refractivity contribution in [3.8, 4) is 22.9 Å². The van der Waals surface area contributed by atoms with Crippen molar-refractivity contribution in [2.24, 2.45) is 0 Å². The molecule has 2 heterocycles. The molecule has 27 heavy (non-hydrogen) atoms. The van der Waals surface area contributed by atoms with Crippen molar-refractivity contribution >= 4 is 0 Å². The van der Waals surface area contributed by atoms with Gasteiger partial charge in [0.15, 0.2) is 11.5 Å². The van der Waals surface area contributed by atoms with E-state index in [0.717, 1.165) is 43.1 Å². The van der Waals surface area contributed by atoms with E-state index in [2.05, 4.69) is 43.7 Å². The molecular formula is C20H23N5O2. The van der Waals surface area contributed by atoms with Crippen LogP contribution in [-0.4, -0.2) is 52.8 Å². The molecule has 0 bridgehead atoms. The molecule has 3 aromatic rings. The van der Waals surface area contributed by atoms with E-state index in [9.17, 15) is 0 Å². The van der Waals surface area contributed by atoms with Crippen molar-refractivity contribution < 1.29 is 9.47 Å². The number of benzene rings is 2. The van der Waals surface area contributed by atoms with Crippen molar-refractivity contribution in [2.45, 2.75) is 18.9 Å². The Hall–Kier alpha value is -2.93. The van der Waals surface area contributed by atoms with Crippen LogP contribution >= 0.6 is 0 Å². The van der Waals surface area contributed by atoms with Crippen LogP contribution in [0.4, 0.5) is 0 Å². The van der Waals surface area contributed by atoms with Crippen LogP contribution in [0, 0.1) is 0 Å². The van der Waals surface area contributed by atoms with Gasteiger partial charge in [-0.15, -0.1) is 10.2 Å². The number of nitrogens with zero attached hydrogens (tertiary/aromatic N) is 4. The van der Waals surface area contributed by atoms with Crippen LogP contribution in [0.1, 0.15) is 23.5 Å². The highest BCUT2D eigenvalue weighted by Crippen LogP contribution is 2.39. The molecule has 1 unspecified atom stereocenters. The van der Waals surface area contributed by atoms with Gasteiger partial charge < -0.3 is 9.47 Å². The maximum absolute atomic E-state index is 5.62. The second kappa shape index (κ2) is 7.75. The van der Waals surface area contributed by atoms with Crippen molar-refractivity contribution in [1.29, 1.82) is 0 Å². The topological polar surface area (TPSA) is 76.2 Å². The molecule has 1 aromatic heterocycles. The van der Waals surface area contributed by atoms with Crippen LogP contribution in [-0.2, 0) is 6.54 Å². The Morgan fingerprint density at radius 3 is 2.67 bits per heavy atom. The molecule has 0 spiro atoms. The van der Waals surface area contributed by atoms with E-state index in [4.69, 9.17) is 9.47 Å². The normalized spacial score (nSPS) is 17.2. The van der Waals surface area contributed by atoms with Gasteiger partial charge in [-0.3, -0.25) is 4.90 Å². The second-order valence-corrected chi connectivity index (χ2v) is 6.74. The summed E-state index contributed by atoms with van der Waals surface area (Å²) in [4.78, 5) is 2.48. The lowest BCUT2D eigenvalue weighted by Gasteiger charge is -2.19. The van der Waals surface area contributed by atoms with E-state index in [-0.39, 0.29) is 0 Å². The molecule has 140 valence electrons. The second-order valence-electron chi connectivity index (χ2n) is 6.74. The first-order chi connectivity index (χ1) is 13.3. The standard InChI is InChI=1S/C20H23N5O2/c1-26-18-5-3-4-17(19(18)27-2)16-10-11-25(13-16)12-14-6-8-15(9-7-14)20-21-23-24-22-20/h3-9,16H,10-13H2,1-2H3,(H,21,22,23,24). The maximum atomic E-state index is 5.62. The first-order valence-corrected chi connectivity index (χ1v) is 9.04. The van der Waals surface area contributed by atoms with Gasteiger partial charge in [0.25, 0.3) is 0 Å². The van der Waals surface area contributed by atoms with Crippen LogP contribution in [0.25, 0.3) is 11.4 Å². The number of ether oxygens (including phenoxy) is 2. The van der Waals surface area contributed by atoms with Gasteiger partial charge in [0, 0.05) is 30.1 Å². The minimum atomic E-state index is 0.452. The number of nitrogens with one attached hydrogen (secondary N) is 1. The summed E-state index contributed by atoms with van der Waals surface area (Å²) >= 11 is 0. The highest BCUT2D eigenvalue weighted by atomic mass is 16.5. The van der Waals surface area contributed by atoms with Gasteiger partial charge in [0.1, 0.15) is 0 Å². The summed E-state index contributed by atoms with van der Waals surface area (Å²) in [7, 11) is 3.39. The van der Waals surface area contributed by atoms with Crippen LogP contribution in [0.5, 0.6) is 11.5 Å². The van der Waals surface area contributed by atoms with Gasteiger partial charge in [-0.25, -0.2) is 0 Å². The van der Waals surface area contributed by atoms with E-state index < -0.39 is 0 Å². The van der Waals surface area contributed by atoms with Crippen LogP contribution in [0.15, 0.2) is 42.5 Å². The number of aromatic amines is 1. The smallest absolute Gasteiger partial charge is 0.204 e. The average Bonchev–Trinajstić information content (AvgIpc) is 3.40. The molecule has 0 radical (unpaired) electrons. The number of tetrazole rings is 1. The average molecular weight is 365 g/mol. The summed E-state index contributed by atoms with van der Waals surface area (Å²) in [6.07, 6.45) is 1.12. The zero-order valence-electron chi connectivity index (χ0n) is 15.6. The first kappa shape index (κ1) is 17.5. The van der Waals surface area contributed by atoms with E-state index in [0.29, 0.717) is 11.7 Å². The zero-order valence-corrected chi connectivity index (χ0v) is 15.6. The third-order valence-corrected chi connectivity index (χ3v) is 5.11. The predicted octanol–water partition coefficient (Wildman–Crippen LogP) is 2.87. The van der Waals surface area contributed by atoms with Crippen LogP contribution < -0.4 is 9.47 Å². The van der Waals surface area contributed by atoms with Crippen molar-refractivity contribution in [3.05, 3.63) is 53.6 Å². The molecular weight excluding hydrogens is 342 g/mol. The van der Waals surface area contributed by atoms with Gasteiger partial charge in [0.2, 0.25) is 5.82 Å². The summed E-state index contributed by atoms with van der Waals surface area (Å²) < 4.78 is 11.1. The number of hydrogen-bond donors (Lipinski definition) is 1. The summed E-state index contributed by atoms with van der Waals surface area (Å²) in [6, 6.07) is 14.5. The Morgan fingerprint density at radius 2 is 1.96 bits per heavy atom. The molecule has 0 amide bonds. The van der Waals surface area contributed by atoms with Gasteiger partial charge in [-0.05, 0) is 29.8 Å². The van der Waals surface area contributed by atoms with Gasteiger partial charge in [-0.2, -0.15) is 5.21 Å². The van der Waals surface area contributed by atoms with Crippen LogP contribution in [0.2, 0.25) is 0 Å². The first-order valence-electron chi connectivity index (χ1n) is 9.04. The molecule has 1 saturated heterocycles. The van der Waals surface area contributed by atoms with Gasteiger partial charge in [0.05, 0.1) is 14.2 Å².